The maximum absolute atomic E-state index is 12.9. The van der Waals surface area contributed by atoms with E-state index in [2.05, 4.69) is 55.6 Å². The van der Waals surface area contributed by atoms with Gasteiger partial charge in [0.05, 0.1) is 39.9 Å². The lowest BCUT2D eigenvalue weighted by molar-refractivity contribution is -0.870. The average Bonchev–Trinajstić information content (AvgIpc) is 3.24. The number of likely N-dealkylation sites (N-methyl/N-ethyl adjacent to an activating group) is 1. The smallest absolute Gasteiger partial charge is 0.387 e. The monoisotopic (exact) mass is 908 g/mol. The van der Waals surface area contributed by atoms with E-state index in [4.69, 9.17) is 9.05 Å². The number of aliphatic hydroxyl groups excluding tert-OH is 1. The molecule has 0 saturated heterocycles. The fourth-order valence-corrected chi connectivity index (χ4v) is 8.27. The van der Waals surface area contributed by atoms with E-state index < -0.39 is 20.0 Å². The minimum Gasteiger partial charge on any atom is -0.387 e. The minimum absolute atomic E-state index is 0.0520. The van der Waals surface area contributed by atoms with Crippen LogP contribution in [0.5, 0.6) is 0 Å². The highest BCUT2D eigenvalue weighted by Gasteiger charge is 2.27. The number of rotatable bonds is 48. The van der Waals surface area contributed by atoms with E-state index >= 15 is 0 Å². The van der Waals surface area contributed by atoms with E-state index in [1.807, 2.05) is 27.2 Å². The maximum atomic E-state index is 12.9. The zero-order valence-electron chi connectivity index (χ0n) is 42.1. The molecule has 370 valence electrons. The number of phosphoric acid groups is 1. The number of phosphoric ester groups is 1. The van der Waals surface area contributed by atoms with Crippen molar-refractivity contribution in [3.63, 3.8) is 0 Å². The number of unbranched alkanes of at least 4 members (excludes halogenated alkanes) is 29. The molecule has 0 aliphatic carbocycles. The molecule has 0 saturated carbocycles. The molecule has 63 heavy (non-hydrogen) atoms. The summed E-state index contributed by atoms with van der Waals surface area (Å²) in [5.41, 5.74) is 0. The number of amides is 1. The molecule has 0 aromatic heterocycles. The van der Waals surface area contributed by atoms with Crippen LogP contribution in [0.3, 0.4) is 0 Å². The van der Waals surface area contributed by atoms with Crippen LogP contribution in [0, 0.1) is 0 Å². The molecule has 1 amide bonds. The Labute approximate surface area is 390 Å². The number of nitrogens with zero attached hydrogens (tertiary/aromatic N) is 1. The molecular weight excluding hydrogens is 804 g/mol. The van der Waals surface area contributed by atoms with Gasteiger partial charge in [-0.2, -0.15) is 0 Å². The SMILES string of the molecule is CCCCCCCCCC/C=C/CC/C=C/CC/C=C/C(O)C(COP(=O)(O)OCC[N+](C)(C)C)NC(=O)CCCCCCCCC/C=C\CCCCCCCCCCCCCC. The minimum atomic E-state index is -4.36. The number of aliphatic hydroxyl groups is 1. The number of hydrogen-bond donors (Lipinski definition) is 3. The number of carbonyl (C=O) groups is 1. The molecule has 0 radical (unpaired) electrons. The van der Waals surface area contributed by atoms with Crippen molar-refractivity contribution in [1.82, 2.24) is 5.32 Å². The zero-order valence-corrected chi connectivity index (χ0v) is 43.0. The van der Waals surface area contributed by atoms with Crippen molar-refractivity contribution < 1.29 is 32.9 Å². The molecule has 0 bridgehead atoms. The third kappa shape index (κ3) is 48.2. The average molecular weight is 908 g/mol. The van der Waals surface area contributed by atoms with E-state index in [9.17, 15) is 19.4 Å². The zero-order chi connectivity index (χ0) is 46.4. The predicted octanol–water partition coefficient (Wildman–Crippen LogP) is 15.6. The van der Waals surface area contributed by atoms with E-state index in [-0.39, 0.29) is 19.1 Å². The number of nitrogens with one attached hydrogen (secondary N) is 1. The van der Waals surface area contributed by atoms with Crippen molar-refractivity contribution in [3.8, 4) is 0 Å². The topological polar surface area (TPSA) is 105 Å². The van der Waals surface area contributed by atoms with Crippen molar-refractivity contribution in [2.75, 3.05) is 40.9 Å². The van der Waals surface area contributed by atoms with Crippen LogP contribution in [0.15, 0.2) is 48.6 Å². The van der Waals surface area contributed by atoms with Gasteiger partial charge in [0.15, 0.2) is 0 Å². The first-order valence-electron chi connectivity index (χ1n) is 26.5. The summed E-state index contributed by atoms with van der Waals surface area (Å²) in [6.45, 7) is 4.79. The lowest BCUT2D eigenvalue weighted by Crippen LogP contribution is -2.45. The summed E-state index contributed by atoms with van der Waals surface area (Å²) in [5.74, 6) is -0.195. The molecule has 0 spiro atoms. The number of carbonyl (C=O) groups excluding carboxylic acids is 1. The van der Waals surface area contributed by atoms with Crippen LogP contribution >= 0.6 is 7.82 Å². The summed E-state index contributed by atoms with van der Waals surface area (Å²) in [6.07, 6.45) is 59.2. The van der Waals surface area contributed by atoms with Gasteiger partial charge in [-0.05, 0) is 70.6 Å². The molecule has 0 heterocycles. The van der Waals surface area contributed by atoms with Crippen LogP contribution in [0.2, 0.25) is 0 Å². The van der Waals surface area contributed by atoms with Gasteiger partial charge in [-0.1, -0.05) is 210 Å². The van der Waals surface area contributed by atoms with Crippen LogP contribution in [-0.2, 0) is 18.4 Å². The standard InChI is InChI=1S/C54H103N2O6P/c1-6-8-10-12-14-16-18-20-22-24-26-27-28-29-30-32-34-36-38-40-42-44-46-48-54(58)55-52(51-62-63(59,60)61-50-49-56(3,4)5)53(57)47-45-43-41-39-37-35-33-31-25-23-21-19-17-15-13-11-9-7-2/h25,29-31,37,39,45,47,52-53,57H,6-24,26-28,32-36,38,40-44,46,48-51H2,1-5H3,(H-,55,58,59,60)/p+1/b30-29-,31-25+,39-37+,47-45+. The molecule has 3 N–H and O–H groups in total. The summed E-state index contributed by atoms with van der Waals surface area (Å²) >= 11 is 0. The molecule has 0 aromatic rings. The van der Waals surface area contributed by atoms with Crippen molar-refractivity contribution in [2.24, 2.45) is 0 Å². The van der Waals surface area contributed by atoms with Crippen molar-refractivity contribution in [2.45, 2.75) is 251 Å². The lowest BCUT2D eigenvalue weighted by Gasteiger charge is -2.25. The predicted molar refractivity (Wildman–Crippen MR) is 272 cm³/mol. The van der Waals surface area contributed by atoms with E-state index in [1.165, 1.54) is 173 Å². The molecule has 0 aliphatic rings. The van der Waals surface area contributed by atoms with Crippen LogP contribution < -0.4 is 5.32 Å². The maximum Gasteiger partial charge on any atom is 0.472 e. The first-order chi connectivity index (χ1) is 30.5. The summed E-state index contributed by atoms with van der Waals surface area (Å²) < 4.78 is 23.6. The highest BCUT2D eigenvalue weighted by Crippen LogP contribution is 2.43. The molecule has 3 atom stereocenters. The van der Waals surface area contributed by atoms with Crippen molar-refractivity contribution >= 4 is 13.7 Å². The van der Waals surface area contributed by atoms with Gasteiger partial charge in [0.2, 0.25) is 5.91 Å². The molecule has 8 nitrogen and oxygen atoms in total. The second-order valence-electron chi connectivity index (χ2n) is 19.2. The van der Waals surface area contributed by atoms with Gasteiger partial charge in [0, 0.05) is 6.42 Å². The quantitative estimate of drug-likeness (QED) is 0.0243. The Morgan fingerprint density at radius 2 is 0.873 bits per heavy atom. The highest BCUT2D eigenvalue weighted by molar-refractivity contribution is 7.47. The Morgan fingerprint density at radius 3 is 1.27 bits per heavy atom. The van der Waals surface area contributed by atoms with Gasteiger partial charge in [-0.15, -0.1) is 0 Å². The fraction of sp³-hybridized carbons (Fsp3) is 0.833. The third-order valence-corrected chi connectivity index (χ3v) is 12.7. The lowest BCUT2D eigenvalue weighted by atomic mass is 10.0. The first kappa shape index (κ1) is 61.5. The summed E-state index contributed by atoms with van der Waals surface area (Å²) in [6, 6.07) is -0.872. The van der Waals surface area contributed by atoms with Gasteiger partial charge in [0.1, 0.15) is 13.2 Å². The van der Waals surface area contributed by atoms with Gasteiger partial charge in [-0.3, -0.25) is 13.8 Å². The molecule has 0 fully saturated rings. The number of allylic oxidation sites excluding steroid dienone is 7. The van der Waals surface area contributed by atoms with Crippen molar-refractivity contribution in [1.29, 1.82) is 0 Å². The number of quaternary nitrogens is 1. The van der Waals surface area contributed by atoms with Gasteiger partial charge < -0.3 is 19.8 Å². The first-order valence-corrected chi connectivity index (χ1v) is 28.0. The Kier molecular flexibility index (Phi) is 44.5. The van der Waals surface area contributed by atoms with E-state index in [0.29, 0.717) is 17.4 Å². The van der Waals surface area contributed by atoms with Crippen LogP contribution in [0.1, 0.15) is 239 Å². The van der Waals surface area contributed by atoms with E-state index in [1.54, 1.807) is 6.08 Å². The summed E-state index contributed by atoms with van der Waals surface area (Å²) in [7, 11) is 1.54. The highest BCUT2D eigenvalue weighted by atomic mass is 31.2. The van der Waals surface area contributed by atoms with Gasteiger partial charge in [-0.25, -0.2) is 4.57 Å². The molecule has 0 rings (SSSR count). The fourth-order valence-electron chi connectivity index (χ4n) is 7.54. The van der Waals surface area contributed by atoms with Crippen LogP contribution in [0.4, 0.5) is 0 Å². The Bertz CT molecular complexity index is 1170. The second kappa shape index (κ2) is 45.6. The van der Waals surface area contributed by atoms with Gasteiger partial charge in [0.25, 0.3) is 0 Å². The summed E-state index contributed by atoms with van der Waals surface area (Å²) in [5, 5.41) is 13.9. The Hall–Kier alpha value is -1.54. The largest absolute Gasteiger partial charge is 0.472 e. The second-order valence-corrected chi connectivity index (χ2v) is 20.7. The van der Waals surface area contributed by atoms with Crippen LogP contribution in [0.25, 0.3) is 0 Å². The summed E-state index contributed by atoms with van der Waals surface area (Å²) in [4.78, 5) is 23.2. The molecule has 3 unspecified atom stereocenters. The van der Waals surface area contributed by atoms with E-state index in [0.717, 1.165) is 44.9 Å². The van der Waals surface area contributed by atoms with Crippen molar-refractivity contribution in [3.05, 3.63) is 48.6 Å². The van der Waals surface area contributed by atoms with Crippen LogP contribution in [-0.4, -0.2) is 73.4 Å². The Balaban J connectivity index is 4.34. The molecule has 0 aromatic carbocycles. The Morgan fingerprint density at radius 1 is 0.524 bits per heavy atom. The molecule has 0 aliphatic heterocycles. The third-order valence-electron chi connectivity index (χ3n) is 11.7. The molecular formula is C54H104N2O6P+. The van der Waals surface area contributed by atoms with Gasteiger partial charge >= 0.3 is 7.82 Å². The normalized spacial score (nSPS) is 14.5. The number of hydrogen-bond acceptors (Lipinski definition) is 5. The molecule has 9 heteroatoms.